The Hall–Kier alpha value is -2.13. The standard InChI is InChI=1S/C22H27NO2/c24-20(17-10-4-1-5-11-17)16-23-22(25)21(18-12-6-2-7-13-18)19-14-8-3-9-15-19/h2-3,6-9,12-15,17,20-21,24H,1,4-5,10-11,16H2,(H,23,25)/t20-/m1/s1. The van der Waals surface area contributed by atoms with Crippen LogP contribution in [0.4, 0.5) is 0 Å². The lowest BCUT2D eigenvalue weighted by atomic mass is 9.85. The summed E-state index contributed by atoms with van der Waals surface area (Å²) in [5.41, 5.74) is 1.94. The zero-order valence-electron chi connectivity index (χ0n) is 14.6. The number of aliphatic hydroxyl groups excluding tert-OH is 1. The van der Waals surface area contributed by atoms with E-state index in [0.717, 1.165) is 24.0 Å². The largest absolute Gasteiger partial charge is 0.391 e. The normalized spacial score (nSPS) is 16.6. The van der Waals surface area contributed by atoms with E-state index >= 15 is 0 Å². The van der Waals surface area contributed by atoms with Crippen molar-refractivity contribution in [3.63, 3.8) is 0 Å². The number of carbonyl (C=O) groups is 1. The number of hydrogen-bond donors (Lipinski definition) is 2. The molecule has 0 bridgehead atoms. The molecule has 2 aromatic rings. The Balaban J connectivity index is 1.69. The summed E-state index contributed by atoms with van der Waals surface area (Å²) in [5.74, 6) is -0.0748. The molecule has 3 nitrogen and oxygen atoms in total. The van der Waals surface area contributed by atoms with Crippen LogP contribution in [0, 0.1) is 5.92 Å². The zero-order chi connectivity index (χ0) is 17.5. The average molecular weight is 337 g/mol. The molecular weight excluding hydrogens is 310 g/mol. The number of aliphatic hydroxyl groups is 1. The average Bonchev–Trinajstić information content (AvgIpc) is 2.69. The van der Waals surface area contributed by atoms with Gasteiger partial charge in [0.15, 0.2) is 0 Å². The first kappa shape index (κ1) is 17.7. The van der Waals surface area contributed by atoms with E-state index in [-0.39, 0.29) is 11.8 Å². The van der Waals surface area contributed by atoms with E-state index in [1.165, 1.54) is 19.3 Å². The summed E-state index contributed by atoms with van der Waals surface area (Å²) in [6.45, 7) is 0.333. The van der Waals surface area contributed by atoms with Crippen molar-refractivity contribution in [2.24, 2.45) is 5.92 Å². The first-order valence-electron chi connectivity index (χ1n) is 9.31. The number of rotatable bonds is 6. The summed E-state index contributed by atoms with van der Waals surface area (Å²) in [6, 6.07) is 19.6. The van der Waals surface area contributed by atoms with Gasteiger partial charge in [-0.15, -0.1) is 0 Å². The first-order valence-corrected chi connectivity index (χ1v) is 9.31. The molecule has 0 aromatic heterocycles. The van der Waals surface area contributed by atoms with E-state index in [4.69, 9.17) is 0 Å². The Morgan fingerprint density at radius 2 is 1.44 bits per heavy atom. The molecule has 2 aromatic carbocycles. The highest BCUT2D eigenvalue weighted by Gasteiger charge is 2.25. The Morgan fingerprint density at radius 3 is 1.96 bits per heavy atom. The predicted molar refractivity (Wildman–Crippen MR) is 100 cm³/mol. The molecule has 1 aliphatic carbocycles. The van der Waals surface area contributed by atoms with Gasteiger partial charge >= 0.3 is 0 Å². The Kier molecular flexibility index (Phi) is 6.24. The summed E-state index contributed by atoms with van der Waals surface area (Å²) in [7, 11) is 0. The van der Waals surface area contributed by atoms with Crippen molar-refractivity contribution < 1.29 is 9.90 Å². The lowest BCUT2D eigenvalue weighted by molar-refractivity contribution is -0.122. The van der Waals surface area contributed by atoms with E-state index < -0.39 is 6.10 Å². The van der Waals surface area contributed by atoms with Gasteiger partial charge in [-0.3, -0.25) is 4.79 Å². The molecular formula is C22H27NO2. The molecule has 0 spiro atoms. The number of benzene rings is 2. The second kappa shape index (κ2) is 8.82. The molecule has 1 saturated carbocycles. The molecule has 0 heterocycles. The van der Waals surface area contributed by atoms with Crippen LogP contribution in [0.2, 0.25) is 0 Å². The smallest absolute Gasteiger partial charge is 0.232 e. The van der Waals surface area contributed by atoms with Crippen LogP contribution in [0.15, 0.2) is 60.7 Å². The highest BCUT2D eigenvalue weighted by atomic mass is 16.3. The van der Waals surface area contributed by atoms with Crippen LogP contribution >= 0.6 is 0 Å². The molecule has 0 saturated heterocycles. The summed E-state index contributed by atoms with van der Waals surface area (Å²) < 4.78 is 0. The van der Waals surface area contributed by atoms with Gasteiger partial charge in [0.1, 0.15) is 0 Å². The summed E-state index contributed by atoms with van der Waals surface area (Å²) >= 11 is 0. The van der Waals surface area contributed by atoms with Gasteiger partial charge in [0.2, 0.25) is 5.91 Å². The lowest BCUT2D eigenvalue weighted by Crippen LogP contribution is -2.39. The van der Waals surface area contributed by atoms with Crippen LogP contribution in [0.25, 0.3) is 0 Å². The first-order chi connectivity index (χ1) is 12.3. The predicted octanol–water partition coefficient (Wildman–Crippen LogP) is 3.88. The van der Waals surface area contributed by atoms with Crippen LogP contribution in [-0.2, 0) is 4.79 Å². The monoisotopic (exact) mass is 337 g/mol. The van der Waals surface area contributed by atoms with Gasteiger partial charge in [0.25, 0.3) is 0 Å². The molecule has 1 fully saturated rings. The van der Waals surface area contributed by atoms with E-state index in [1.54, 1.807) is 0 Å². The molecule has 132 valence electrons. The maximum atomic E-state index is 12.9. The Morgan fingerprint density at radius 1 is 0.920 bits per heavy atom. The van der Waals surface area contributed by atoms with Crippen molar-refractivity contribution in [3.05, 3.63) is 71.8 Å². The number of hydrogen-bond acceptors (Lipinski definition) is 2. The molecule has 0 radical (unpaired) electrons. The highest BCUT2D eigenvalue weighted by molar-refractivity contribution is 5.87. The second-order valence-corrected chi connectivity index (χ2v) is 6.96. The minimum Gasteiger partial charge on any atom is -0.391 e. The van der Waals surface area contributed by atoms with Gasteiger partial charge in [-0.05, 0) is 29.9 Å². The lowest BCUT2D eigenvalue weighted by Gasteiger charge is -2.27. The molecule has 1 aliphatic rings. The second-order valence-electron chi connectivity index (χ2n) is 6.96. The number of nitrogens with one attached hydrogen (secondary N) is 1. The van der Waals surface area contributed by atoms with Crippen molar-refractivity contribution >= 4 is 5.91 Å². The Labute approximate surface area is 150 Å². The van der Waals surface area contributed by atoms with Crippen molar-refractivity contribution in [2.45, 2.75) is 44.1 Å². The van der Waals surface area contributed by atoms with Gasteiger partial charge in [-0.1, -0.05) is 79.9 Å². The fourth-order valence-corrected chi connectivity index (χ4v) is 3.78. The third kappa shape index (κ3) is 4.70. The quantitative estimate of drug-likeness (QED) is 0.840. The van der Waals surface area contributed by atoms with Crippen LogP contribution in [0.1, 0.15) is 49.1 Å². The third-order valence-corrected chi connectivity index (χ3v) is 5.21. The minimum absolute atomic E-state index is 0.0488. The van der Waals surface area contributed by atoms with Crippen LogP contribution in [-0.4, -0.2) is 23.7 Å². The molecule has 3 heteroatoms. The van der Waals surface area contributed by atoms with E-state index in [9.17, 15) is 9.90 Å². The maximum Gasteiger partial charge on any atom is 0.232 e. The van der Waals surface area contributed by atoms with Gasteiger partial charge in [-0.2, -0.15) is 0 Å². The molecule has 2 N–H and O–H groups in total. The van der Waals surface area contributed by atoms with Crippen molar-refractivity contribution in [2.75, 3.05) is 6.54 Å². The molecule has 3 rings (SSSR count). The van der Waals surface area contributed by atoms with Crippen molar-refractivity contribution in [1.29, 1.82) is 0 Å². The summed E-state index contributed by atoms with van der Waals surface area (Å²) in [6.07, 6.45) is 5.32. The fourth-order valence-electron chi connectivity index (χ4n) is 3.78. The number of amides is 1. The van der Waals surface area contributed by atoms with Gasteiger partial charge in [-0.25, -0.2) is 0 Å². The van der Waals surface area contributed by atoms with Crippen molar-refractivity contribution in [3.8, 4) is 0 Å². The molecule has 25 heavy (non-hydrogen) atoms. The summed E-state index contributed by atoms with van der Waals surface area (Å²) in [5, 5.41) is 13.4. The molecule has 0 unspecified atom stereocenters. The zero-order valence-corrected chi connectivity index (χ0v) is 14.6. The third-order valence-electron chi connectivity index (χ3n) is 5.21. The van der Waals surface area contributed by atoms with E-state index in [0.29, 0.717) is 12.5 Å². The Bertz CT molecular complexity index is 611. The van der Waals surface area contributed by atoms with E-state index in [1.807, 2.05) is 60.7 Å². The topological polar surface area (TPSA) is 49.3 Å². The SMILES string of the molecule is O=C(NC[C@@H](O)C1CCCCC1)C(c1ccccc1)c1ccccc1. The van der Waals surface area contributed by atoms with Crippen LogP contribution in [0.3, 0.4) is 0 Å². The minimum atomic E-state index is -0.448. The van der Waals surface area contributed by atoms with Crippen molar-refractivity contribution in [1.82, 2.24) is 5.32 Å². The highest BCUT2D eigenvalue weighted by Crippen LogP contribution is 2.27. The van der Waals surface area contributed by atoms with Crippen LogP contribution in [0.5, 0.6) is 0 Å². The fraction of sp³-hybridized carbons (Fsp3) is 0.409. The van der Waals surface area contributed by atoms with Gasteiger partial charge < -0.3 is 10.4 Å². The molecule has 0 aliphatic heterocycles. The number of carbonyl (C=O) groups excluding carboxylic acids is 1. The van der Waals surface area contributed by atoms with Crippen LogP contribution < -0.4 is 5.32 Å². The molecule has 1 atom stereocenters. The summed E-state index contributed by atoms with van der Waals surface area (Å²) in [4.78, 5) is 12.9. The van der Waals surface area contributed by atoms with Gasteiger partial charge in [0.05, 0.1) is 12.0 Å². The maximum absolute atomic E-state index is 12.9. The molecule has 1 amide bonds. The van der Waals surface area contributed by atoms with E-state index in [2.05, 4.69) is 5.32 Å². The van der Waals surface area contributed by atoms with Gasteiger partial charge in [0, 0.05) is 6.54 Å².